The zero-order chi connectivity index (χ0) is 14.9. The van der Waals surface area contributed by atoms with Crippen LogP contribution >= 0.6 is 0 Å². The SMILES string of the molecule is C=COCC1CCC(CC2CCC(COC=C)CC2)CC1. The van der Waals surface area contributed by atoms with Crippen LogP contribution in [0, 0.1) is 23.7 Å². The van der Waals surface area contributed by atoms with Crippen LogP contribution in [0.15, 0.2) is 25.7 Å². The van der Waals surface area contributed by atoms with Crippen LogP contribution in [0.4, 0.5) is 0 Å². The molecule has 0 aromatic rings. The maximum absolute atomic E-state index is 5.35. The zero-order valence-electron chi connectivity index (χ0n) is 13.5. The van der Waals surface area contributed by atoms with Crippen LogP contribution in [-0.2, 0) is 9.47 Å². The Morgan fingerprint density at radius 3 is 1.29 bits per heavy atom. The van der Waals surface area contributed by atoms with Gasteiger partial charge in [0.25, 0.3) is 0 Å². The monoisotopic (exact) mass is 292 g/mol. The fourth-order valence-electron chi connectivity index (χ4n) is 4.15. The second-order valence-electron chi connectivity index (χ2n) is 7.01. The molecule has 0 heterocycles. The van der Waals surface area contributed by atoms with Gasteiger partial charge in [-0.3, -0.25) is 0 Å². The van der Waals surface area contributed by atoms with E-state index in [0.29, 0.717) is 0 Å². The van der Waals surface area contributed by atoms with Crippen molar-refractivity contribution >= 4 is 0 Å². The molecule has 0 atom stereocenters. The van der Waals surface area contributed by atoms with Gasteiger partial charge in [0.05, 0.1) is 25.7 Å². The molecule has 2 saturated carbocycles. The summed E-state index contributed by atoms with van der Waals surface area (Å²) in [5.74, 6) is 3.48. The van der Waals surface area contributed by atoms with E-state index in [4.69, 9.17) is 9.47 Å². The molecular formula is C19H32O2. The van der Waals surface area contributed by atoms with Crippen molar-refractivity contribution in [3.8, 4) is 0 Å². The van der Waals surface area contributed by atoms with Crippen LogP contribution in [0.25, 0.3) is 0 Å². The third-order valence-electron chi connectivity index (χ3n) is 5.50. The van der Waals surface area contributed by atoms with Gasteiger partial charge < -0.3 is 9.47 Å². The van der Waals surface area contributed by atoms with E-state index < -0.39 is 0 Å². The van der Waals surface area contributed by atoms with Gasteiger partial charge in [-0.25, -0.2) is 0 Å². The Balaban J connectivity index is 1.59. The Morgan fingerprint density at radius 2 is 0.952 bits per heavy atom. The summed E-state index contributed by atoms with van der Waals surface area (Å²) in [6.45, 7) is 9.01. The summed E-state index contributed by atoms with van der Waals surface area (Å²) in [4.78, 5) is 0. The summed E-state index contributed by atoms with van der Waals surface area (Å²) >= 11 is 0. The second-order valence-corrected chi connectivity index (χ2v) is 7.01. The highest BCUT2D eigenvalue weighted by atomic mass is 16.5. The third-order valence-corrected chi connectivity index (χ3v) is 5.50. The molecule has 0 amide bonds. The first-order valence-electron chi connectivity index (χ1n) is 8.76. The summed E-state index contributed by atoms with van der Waals surface area (Å²) in [7, 11) is 0. The maximum atomic E-state index is 5.35. The molecule has 2 fully saturated rings. The first-order valence-corrected chi connectivity index (χ1v) is 8.76. The van der Waals surface area contributed by atoms with Gasteiger partial charge in [0.1, 0.15) is 0 Å². The Labute approximate surface area is 130 Å². The van der Waals surface area contributed by atoms with E-state index in [9.17, 15) is 0 Å². The Kier molecular flexibility index (Phi) is 7.18. The molecule has 0 spiro atoms. The van der Waals surface area contributed by atoms with E-state index >= 15 is 0 Å². The number of hydrogen-bond acceptors (Lipinski definition) is 2. The molecular weight excluding hydrogens is 260 g/mol. The van der Waals surface area contributed by atoms with Crippen molar-refractivity contribution in [1.82, 2.24) is 0 Å². The molecule has 120 valence electrons. The number of ether oxygens (including phenoxy) is 2. The lowest BCUT2D eigenvalue weighted by atomic mass is 9.73. The van der Waals surface area contributed by atoms with Crippen LogP contribution < -0.4 is 0 Å². The predicted molar refractivity (Wildman–Crippen MR) is 87.8 cm³/mol. The van der Waals surface area contributed by atoms with E-state index in [1.165, 1.54) is 57.8 Å². The van der Waals surface area contributed by atoms with Crippen molar-refractivity contribution in [2.45, 2.75) is 57.8 Å². The average Bonchev–Trinajstić information content (AvgIpc) is 2.53. The molecule has 0 aliphatic heterocycles. The van der Waals surface area contributed by atoms with Crippen LogP contribution in [0.2, 0.25) is 0 Å². The minimum absolute atomic E-state index is 0.769. The summed E-state index contributed by atoms with van der Waals surface area (Å²) < 4.78 is 10.7. The second kappa shape index (κ2) is 9.17. The normalized spacial score (nSPS) is 33.1. The molecule has 2 aliphatic rings. The summed E-state index contributed by atoms with van der Waals surface area (Å²) in [5, 5.41) is 0. The molecule has 0 bridgehead atoms. The van der Waals surface area contributed by atoms with Crippen molar-refractivity contribution in [1.29, 1.82) is 0 Å². The highest BCUT2D eigenvalue weighted by molar-refractivity contribution is 4.79. The maximum Gasteiger partial charge on any atom is 0.0901 e. The van der Waals surface area contributed by atoms with E-state index in [-0.39, 0.29) is 0 Å². The van der Waals surface area contributed by atoms with E-state index in [1.54, 1.807) is 12.5 Å². The highest BCUT2D eigenvalue weighted by Gasteiger charge is 2.27. The summed E-state index contributed by atoms with van der Waals surface area (Å²) in [6, 6.07) is 0. The smallest absolute Gasteiger partial charge is 0.0901 e. The molecule has 0 radical (unpaired) electrons. The van der Waals surface area contributed by atoms with Crippen molar-refractivity contribution in [2.75, 3.05) is 13.2 Å². The average molecular weight is 292 g/mol. The van der Waals surface area contributed by atoms with Gasteiger partial charge in [-0.1, -0.05) is 38.8 Å². The Morgan fingerprint density at radius 1 is 0.619 bits per heavy atom. The van der Waals surface area contributed by atoms with Crippen LogP contribution in [0.5, 0.6) is 0 Å². The van der Waals surface area contributed by atoms with Gasteiger partial charge in [-0.2, -0.15) is 0 Å². The summed E-state index contributed by atoms with van der Waals surface area (Å²) in [5.41, 5.74) is 0. The van der Waals surface area contributed by atoms with Gasteiger partial charge in [0.2, 0.25) is 0 Å². The van der Waals surface area contributed by atoms with Crippen LogP contribution in [0.1, 0.15) is 57.8 Å². The van der Waals surface area contributed by atoms with Crippen LogP contribution in [0.3, 0.4) is 0 Å². The molecule has 0 N–H and O–H groups in total. The van der Waals surface area contributed by atoms with Crippen molar-refractivity contribution in [3.05, 3.63) is 25.7 Å². The standard InChI is InChI=1S/C19H32O2/c1-3-20-14-18-9-5-16(6-10-18)13-17-7-11-19(12-8-17)15-21-4-2/h3-4,16-19H,1-2,5-15H2. The number of hydrogen-bond donors (Lipinski definition) is 0. The quantitative estimate of drug-likeness (QED) is 0.564. The van der Waals surface area contributed by atoms with Crippen molar-refractivity contribution in [2.24, 2.45) is 23.7 Å². The van der Waals surface area contributed by atoms with Gasteiger partial charge in [0, 0.05) is 0 Å². The van der Waals surface area contributed by atoms with Crippen molar-refractivity contribution in [3.63, 3.8) is 0 Å². The summed E-state index contributed by atoms with van der Waals surface area (Å²) in [6.07, 6.45) is 15.7. The predicted octanol–water partition coefficient (Wildman–Crippen LogP) is 5.31. The van der Waals surface area contributed by atoms with E-state index in [1.807, 2.05) is 0 Å². The van der Waals surface area contributed by atoms with Crippen molar-refractivity contribution < 1.29 is 9.47 Å². The lowest BCUT2D eigenvalue weighted by molar-refractivity contribution is 0.120. The first kappa shape index (κ1) is 16.5. The lowest BCUT2D eigenvalue weighted by Crippen LogP contribution is -2.23. The molecule has 2 rings (SSSR count). The Hall–Kier alpha value is -0.920. The van der Waals surface area contributed by atoms with Gasteiger partial charge in [-0.15, -0.1) is 0 Å². The molecule has 0 aromatic carbocycles. The fraction of sp³-hybridized carbons (Fsp3) is 0.789. The van der Waals surface area contributed by atoms with Crippen LogP contribution in [-0.4, -0.2) is 13.2 Å². The van der Waals surface area contributed by atoms with E-state index in [2.05, 4.69) is 13.2 Å². The third kappa shape index (κ3) is 5.76. The zero-order valence-corrected chi connectivity index (χ0v) is 13.5. The van der Waals surface area contributed by atoms with E-state index in [0.717, 1.165) is 36.9 Å². The molecule has 2 aliphatic carbocycles. The highest BCUT2D eigenvalue weighted by Crippen LogP contribution is 2.38. The largest absolute Gasteiger partial charge is 0.502 e. The Bertz CT molecular complexity index is 267. The molecule has 0 aromatic heterocycles. The fourth-order valence-corrected chi connectivity index (χ4v) is 4.15. The molecule has 0 saturated heterocycles. The molecule has 2 nitrogen and oxygen atoms in total. The van der Waals surface area contributed by atoms with Gasteiger partial charge in [0.15, 0.2) is 0 Å². The lowest BCUT2D eigenvalue weighted by Gasteiger charge is -2.33. The van der Waals surface area contributed by atoms with Gasteiger partial charge >= 0.3 is 0 Å². The topological polar surface area (TPSA) is 18.5 Å². The number of rotatable bonds is 8. The first-order chi connectivity index (χ1) is 10.3. The minimum atomic E-state index is 0.769. The molecule has 0 unspecified atom stereocenters. The molecule has 2 heteroatoms. The minimum Gasteiger partial charge on any atom is -0.502 e. The molecule has 21 heavy (non-hydrogen) atoms. The van der Waals surface area contributed by atoms with Gasteiger partial charge in [-0.05, 0) is 55.8 Å².